The SMILES string of the molecule is CCN(CC)c1ccc(C(=C2C=CC(=[NH+]CCCC3CC(C)C(CNc4ccc(C(=C5C=CC([NH+](CC)CC)C=C5)c5ccc(N(CC)CC)cc5)c5ccccc45)C3)c3ccccc32)c2ccc(N(CC)CC)cc2)cc1. The summed E-state index contributed by atoms with van der Waals surface area (Å²) in [7, 11) is 0. The van der Waals surface area contributed by atoms with E-state index in [1.165, 1.54) is 114 Å². The summed E-state index contributed by atoms with van der Waals surface area (Å²) in [5.74, 6) is 2.07. The minimum Gasteiger partial charge on any atom is -0.384 e. The number of nitrogens with zero attached hydrogens (tertiary/aromatic N) is 3. The number of likely N-dealkylation sites (N-methyl/N-ethyl adjacent to an activating group) is 1. The second-order valence-electron chi connectivity index (χ2n) is 21.9. The molecule has 0 amide bonds. The summed E-state index contributed by atoms with van der Waals surface area (Å²) in [6.07, 6.45) is 19.3. The quantitative estimate of drug-likeness (QED) is 0.0560. The fraction of sp³-hybridized carbons (Fsp3) is 0.375. The van der Waals surface area contributed by atoms with Gasteiger partial charge in [0.1, 0.15) is 12.6 Å². The lowest BCUT2D eigenvalue weighted by molar-refractivity contribution is -0.908. The van der Waals surface area contributed by atoms with Crippen LogP contribution in [0.4, 0.5) is 22.7 Å². The zero-order valence-electron chi connectivity index (χ0n) is 48.7. The van der Waals surface area contributed by atoms with Crippen molar-refractivity contribution in [2.45, 2.75) is 94.0 Å². The molecule has 6 aromatic carbocycles. The lowest BCUT2D eigenvalue weighted by Crippen LogP contribution is -3.14. The van der Waals surface area contributed by atoms with E-state index in [-0.39, 0.29) is 0 Å². The van der Waals surface area contributed by atoms with Crippen molar-refractivity contribution < 1.29 is 9.89 Å². The molecule has 0 bridgehead atoms. The molecule has 0 aliphatic heterocycles. The summed E-state index contributed by atoms with van der Waals surface area (Å²) in [5.41, 5.74) is 19.0. The number of fused-ring (bicyclic) bond motifs is 2. The molecule has 0 aromatic heterocycles. The van der Waals surface area contributed by atoms with Crippen LogP contribution in [0.15, 0.2) is 175 Å². The summed E-state index contributed by atoms with van der Waals surface area (Å²) < 4.78 is 0. The predicted molar refractivity (Wildman–Crippen MR) is 339 cm³/mol. The van der Waals surface area contributed by atoms with Crippen molar-refractivity contribution >= 4 is 56.0 Å². The van der Waals surface area contributed by atoms with Crippen molar-refractivity contribution in [1.29, 1.82) is 0 Å². The number of rotatable bonds is 23. The maximum atomic E-state index is 4.02. The first-order valence-electron chi connectivity index (χ1n) is 30.1. The van der Waals surface area contributed by atoms with E-state index in [9.17, 15) is 0 Å². The molecular weight excluding hydrogens is 949 g/mol. The highest BCUT2D eigenvalue weighted by molar-refractivity contribution is 6.17. The Morgan fingerprint density at radius 3 is 1.59 bits per heavy atom. The van der Waals surface area contributed by atoms with E-state index in [1.807, 2.05) is 0 Å². The second kappa shape index (κ2) is 26.6. The van der Waals surface area contributed by atoms with Gasteiger partial charge in [0.05, 0.1) is 18.7 Å². The molecule has 0 heterocycles. The summed E-state index contributed by atoms with van der Waals surface area (Å²) in [4.78, 5) is 12.8. The largest absolute Gasteiger partial charge is 0.384 e. The number of hydrogen-bond acceptors (Lipinski definition) is 4. The van der Waals surface area contributed by atoms with E-state index in [0.29, 0.717) is 17.9 Å². The third-order valence-electron chi connectivity index (χ3n) is 17.7. The molecule has 0 radical (unpaired) electrons. The molecule has 78 heavy (non-hydrogen) atoms. The van der Waals surface area contributed by atoms with Crippen molar-refractivity contribution in [3.63, 3.8) is 0 Å². The number of quaternary nitrogens is 1. The molecule has 3 aliphatic carbocycles. The first-order valence-corrected chi connectivity index (χ1v) is 30.1. The van der Waals surface area contributed by atoms with Crippen LogP contribution in [0, 0.1) is 17.8 Å². The molecule has 9 rings (SSSR count). The molecule has 6 aromatic rings. The van der Waals surface area contributed by atoms with Gasteiger partial charge in [-0.3, -0.25) is 0 Å². The minimum atomic E-state index is 0.399. The van der Waals surface area contributed by atoms with Gasteiger partial charge in [-0.2, -0.15) is 0 Å². The van der Waals surface area contributed by atoms with E-state index >= 15 is 0 Å². The highest BCUT2D eigenvalue weighted by Gasteiger charge is 2.31. The molecule has 1 fully saturated rings. The highest BCUT2D eigenvalue weighted by Crippen LogP contribution is 2.42. The molecule has 6 heteroatoms. The molecule has 1 saturated carbocycles. The van der Waals surface area contributed by atoms with Gasteiger partial charge in [-0.05, 0) is 215 Å². The van der Waals surface area contributed by atoms with Crippen molar-refractivity contribution in [1.82, 2.24) is 0 Å². The van der Waals surface area contributed by atoms with Gasteiger partial charge in [-0.25, -0.2) is 4.99 Å². The maximum Gasteiger partial charge on any atom is 0.206 e. The number of benzene rings is 6. The van der Waals surface area contributed by atoms with Gasteiger partial charge in [-0.1, -0.05) is 104 Å². The van der Waals surface area contributed by atoms with E-state index < -0.39 is 0 Å². The Balaban J connectivity index is 0.895. The second-order valence-corrected chi connectivity index (χ2v) is 21.9. The molecule has 3 aliphatic rings. The Bertz CT molecular complexity index is 3040. The van der Waals surface area contributed by atoms with Crippen molar-refractivity contribution in [3.8, 4) is 0 Å². The summed E-state index contributed by atoms with van der Waals surface area (Å²) in [6.45, 7) is 30.7. The highest BCUT2D eigenvalue weighted by atomic mass is 15.1. The monoisotopic (exact) mass is 1040 g/mol. The molecule has 0 saturated heterocycles. The smallest absolute Gasteiger partial charge is 0.206 e. The van der Waals surface area contributed by atoms with Crippen LogP contribution in [0.3, 0.4) is 0 Å². The van der Waals surface area contributed by atoms with Crippen LogP contribution in [0.2, 0.25) is 0 Å². The van der Waals surface area contributed by atoms with Gasteiger partial charge < -0.3 is 24.9 Å². The lowest BCUT2D eigenvalue weighted by atomic mass is 9.83. The van der Waals surface area contributed by atoms with E-state index in [0.717, 1.165) is 77.8 Å². The Morgan fingerprint density at radius 2 is 1.05 bits per heavy atom. The van der Waals surface area contributed by atoms with E-state index in [1.54, 1.807) is 4.90 Å². The molecule has 3 atom stereocenters. The van der Waals surface area contributed by atoms with Gasteiger partial charge in [0.2, 0.25) is 5.71 Å². The normalized spacial score (nSPS) is 18.3. The third-order valence-corrected chi connectivity index (χ3v) is 17.7. The maximum absolute atomic E-state index is 4.02. The van der Waals surface area contributed by atoms with Gasteiger partial charge in [0.25, 0.3) is 0 Å². The van der Waals surface area contributed by atoms with Gasteiger partial charge >= 0.3 is 0 Å². The standard InChI is InChI=1S/C72H88N6/c1-10-75(11-2)59-36-28-54(29-37-59)71(55-30-38-60(39-31-55)76(12-3)13-4)67-44-46-69(65-26-20-18-24-63(65)67)73-48-22-23-53-49-52(9)58(50-53)51-74-70-47-45-68(64-25-19-21-27-66(64)70)72(56-32-40-61(41-33-56)77(14-5)15-6)57-34-42-62(43-35-57)78(16-7)17-8/h18-21,24-47,52-53,58,61,74H,10-17,22-23,48-51H2,1-9H3/p+2. The third kappa shape index (κ3) is 12.4. The van der Waals surface area contributed by atoms with Crippen LogP contribution in [0.5, 0.6) is 0 Å². The zero-order valence-corrected chi connectivity index (χ0v) is 48.7. The number of nitrogens with one attached hydrogen (secondary N) is 3. The average Bonchev–Trinajstić information content (AvgIpc) is 3.92. The van der Waals surface area contributed by atoms with Crippen LogP contribution in [0.1, 0.15) is 121 Å². The van der Waals surface area contributed by atoms with E-state index in [2.05, 4.69) is 257 Å². The number of hydrogen-bond donors (Lipinski definition) is 3. The Kier molecular flexibility index (Phi) is 19.1. The first-order chi connectivity index (χ1) is 38.2. The average molecular weight is 1040 g/mol. The molecule has 3 unspecified atom stereocenters. The molecular formula is C72H90N6+2. The number of allylic oxidation sites excluding steroid dienone is 6. The fourth-order valence-electron chi connectivity index (χ4n) is 13.1. The van der Waals surface area contributed by atoms with Crippen LogP contribution >= 0.6 is 0 Å². The van der Waals surface area contributed by atoms with Crippen LogP contribution in [0.25, 0.3) is 27.5 Å². The topological polar surface area (TPSA) is 40.2 Å². The Labute approximate surface area is 469 Å². The van der Waals surface area contributed by atoms with E-state index in [4.69, 9.17) is 0 Å². The zero-order chi connectivity index (χ0) is 54.5. The van der Waals surface area contributed by atoms with Crippen LogP contribution in [-0.4, -0.2) is 77.2 Å². The lowest BCUT2D eigenvalue weighted by Gasteiger charge is -2.25. The van der Waals surface area contributed by atoms with Gasteiger partial charge in [-0.15, -0.1) is 0 Å². The Hall–Kier alpha value is -6.89. The van der Waals surface area contributed by atoms with Gasteiger partial charge in [0, 0.05) is 86.4 Å². The van der Waals surface area contributed by atoms with Crippen LogP contribution in [-0.2, 0) is 0 Å². The molecule has 3 N–H and O–H groups in total. The predicted octanol–water partition coefficient (Wildman–Crippen LogP) is 13.6. The fourth-order valence-corrected chi connectivity index (χ4v) is 13.1. The molecule has 406 valence electrons. The van der Waals surface area contributed by atoms with Crippen molar-refractivity contribution in [2.24, 2.45) is 17.8 Å². The summed E-state index contributed by atoms with van der Waals surface area (Å²) in [6, 6.07) is 51.0. The van der Waals surface area contributed by atoms with Gasteiger partial charge in [0.15, 0.2) is 0 Å². The van der Waals surface area contributed by atoms with Crippen molar-refractivity contribution in [3.05, 3.63) is 209 Å². The minimum absolute atomic E-state index is 0.399. The Morgan fingerprint density at radius 1 is 0.538 bits per heavy atom. The summed E-state index contributed by atoms with van der Waals surface area (Å²) >= 11 is 0. The molecule has 0 spiro atoms. The molecule has 6 nitrogen and oxygen atoms in total. The van der Waals surface area contributed by atoms with Crippen molar-refractivity contribution in [2.75, 3.05) is 85.5 Å². The van der Waals surface area contributed by atoms with Crippen LogP contribution < -0.4 is 29.9 Å². The summed E-state index contributed by atoms with van der Waals surface area (Å²) in [5, 5.41) is 6.61. The number of anilines is 4. The first kappa shape index (κ1) is 55.9.